The third-order valence-corrected chi connectivity index (χ3v) is 5.80. The molecule has 0 amide bonds. The second kappa shape index (κ2) is 8.41. The largest absolute Gasteiger partial charge is 0.365 e. The molecule has 154 valence electrons. The van der Waals surface area contributed by atoms with Gasteiger partial charge in [0.05, 0.1) is 0 Å². The van der Waals surface area contributed by atoms with E-state index < -0.39 is 0 Å². The summed E-state index contributed by atoms with van der Waals surface area (Å²) in [6, 6.07) is 6.72. The molecule has 0 saturated carbocycles. The zero-order chi connectivity index (χ0) is 21.1. The normalized spacial score (nSPS) is 18.3. The second-order valence-corrected chi connectivity index (χ2v) is 8.93. The zero-order valence-electron chi connectivity index (χ0n) is 17.9. The van der Waals surface area contributed by atoms with Crippen molar-refractivity contribution in [1.82, 2.24) is 9.97 Å². The molecule has 0 bridgehead atoms. The lowest BCUT2D eigenvalue weighted by Gasteiger charge is -2.31. The fourth-order valence-electron chi connectivity index (χ4n) is 4.25. The van der Waals surface area contributed by atoms with Crippen LogP contribution in [0, 0.1) is 11.7 Å². The Hall–Kier alpha value is -2.97. The summed E-state index contributed by atoms with van der Waals surface area (Å²) in [5.74, 6) is 1.15. The topological polar surface area (TPSA) is 37.8 Å². The van der Waals surface area contributed by atoms with Gasteiger partial charge in [-0.2, -0.15) is 0 Å². The van der Waals surface area contributed by atoms with Crippen molar-refractivity contribution >= 4 is 5.82 Å². The molecule has 1 N–H and O–H groups in total. The molecule has 0 fully saturated rings. The van der Waals surface area contributed by atoms with Gasteiger partial charge < -0.3 is 5.32 Å². The van der Waals surface area contributed by atoms with E-state index in [1.165, 1.54) is 28.8 Å². The molecule has 0 radical (unpaired) electrons. The van der Waals surface area contributed by atoms with Crippen LogP contribution in [0.25, 0.3) is 0 Å². The Morgan fingerprint density at radius 3 is 2.73 bits per heavy atom. The van der Waals surface area contributed by atoms with Crippen LogP contribution >= 0.6 is 0 Å². The molecule has 4 rings (SSSR count). The summed E-state index contributed by atoms with van der Waals surface area (Å²) in [5, 5.41) is 3.64. The Morgan fingerprint density at radius 1 is 1.13 bits per heavy atom. The number of benzene rings is 1. The molecule has 0 aliphatic heterocycles. The van der Waals surface area contributed by atoms with E-state index in [4.69, 9.17) is 0 Å². The molecule has 2 aliphatic rings. The molecule has 30 heavy (non-hydrogen) atoms. The van der Waals surface area contributed by atoms with Crippen LogP contribution in [0.15, 0.2) is 71.8 Å². The maximum absolute atomic E-state index is 13.2. The minimum Gasteiger partial charge on any atom is -0.365 e. The number of aryl methyl sites for hydroxylation is 1. The van der Waals surface area contributed by atoms with Crippen LogP contribution in [0.2, 0.25) is 0 Å². The number of hydrogen-bond acceptors (Lipinski definition) is 3. The summed E-state index contributed by atoms with van der Waals surface area (Å²) in [5.41, 5.74) is 9.04. The van der Waals surface area contributed by atoms with Crippen molar-refractivity contribution in [2.45, 2.75) is 52.0 Å². The summed E-state index contributed by atoms with van der Waals surface area (Å²) in [6.07, 6.45) is 13.9. The van der Waals surface area contributed by atoms with Crippen LogP contribution < -0.4 is 5.32 Å². The van der Waals surface area contributed by atoms with Crippen LogP contribution in [0.4, 0.5) is 10.2 Å². The van der Waals surface area contributed by atoms with Gasteiger partial charge in [-0.15, -0.1) is 5.73 Å². The van der Waals surface area contributed by atoms with Crippen molar-refractivity contribution in [3.05, 3.63) is 94.4 Å². The first-order valence-electron chi connectivity index (χ1n) is 10.6. The molecule has 2 aliphatic carbocycles. The maximum atomic E-state index is 13.2. The van der Waals surface area contributed by atoms with Gasteiger partial charge in [0, 0.05) is 16.8 Å². The first kappa shape index (κ1) is 20.3. The first-order chi connectivity index (χ1) is 14.4. The second-order valence-electron chi connectivity index (χ2n) is 8.93. The van der Waals surface area contributed by atoms with E-state index in [2.05, 4.69) is 60.0 Å². The van der Waals surface area contributed by atoms with Crippen molar-refractivity contribution in [3.63, 3.8) is 0 Å². The van der Waals surface area contributed by atoms with Crippen molar-refractivity contribution in [2.24, 2.45) is 5.92 Å². The summed E-state index contributed by atoms with van der Waals surface area (Å²) in [6.45, 7) is 6.40. The summed E-state index contributed by atoms with van der Waals surface area (Å²) in [4.78, 5) is 9.16. The van der Waals surface area contributed by atoms with E-state index >= 15 is 0 Å². The van der Waals surface area contributed by atoms with E-state index in [1.807, 2.05) is 18.2 Å². The third-order valence-electron chi connectivity index (χ3n) is 5.80. The lowest BCUT2D eigenvalue weighted by Crippen LogP contribution is -2.35. The Labute approximate surface area is 178 Å². The number of fused-ring (bicyclic) bond motifs is 1. The number of rotatable bonds is 5. The van der Waals surface area contributed by atoms with Crippen LogP contribution in [0.1, 0.15) is 44.0 Å². The minimum atomic E-state index is -0.225. The third kappa shape index (κ3) is 4.77. The lowest BCUT2D eigenvalue weighted by molar-refractivity contribution is 0.518. The average Bonchev–Trinajstić information content (AvgIpc) is 2.94. The Balaban J connectivity index is 1.55. The molecular weight excluding hydrogens is 373 g/mol. The van der Waals surface area contributed by atoms with E-state index in [0.29, 0.717) is 5.92 Å². The quantitative estimate of drug-likeness (QED) is 0.648. The highest BCUT2D eigenvalue weighted by molar-refractivity contribution is 5.50. The zero-order valence-corrected chi connectivity index (χ0v) is 17.9. The lowest BCUT2D eigenvalue weighted by atomic mass is 9.81. The predicted octanol–water partition coefficient (Wildman–Crippen LogP) is 5.75. The number of nitrogens with zero attached hydrogens (tertiary/aromatic N) is 2. The van der Waals surface area contributed by atoms with Crippen molar-refractivity contribution in [1.29, 1.82) is 0 Å². The molecule has 0 saturated heterocycles. The highest BCUT2D eigenvalue weighted by Gasteiger charge is 2.27. The number of anilines is 1. The van der Waals surface area contributed by atoms with Crippen LogP contribution in [-0.4, -0.2) is 15.5 Å². The van der Waals surface area contributed by atoms with Crippen LogP contribution in [0.3, 0.4) is 0 Å². The van der Waals surface area contributed by atoms with Gasteiger partial charge in [-0.05, 0) is 93.4 Å². The molecule has 1 unspecified atom stereocenters. The van der Waals surface area contributed by atoms with Gasteiger partial charge in [0.2, 0.25) is 0 Å². The molecule has 4 heteroatoms. The summed E-state index contributed by atoms with van der Waals surface area (Å²) in [7, 11) is 0. The van der Waals surface area contributed by atoms with Gasteiger partial charge in [0.1, 0.15) is 18.0 Å². The van der Waals surface area contributed by atoms with Gasteiger partial charge in [0.15, 0.2) is 0 Å². The van der Waals surface area contributed by atoms with Gasteiger partial charge >= 0.3 is 0 Å². The fraction of sp³-hybridized carbons (Fsp3) is 0.346. The molecule has 1 atom stereocenters. The smallest absolute Gasteiger partial charge is 0.133 e. The number of allylic oxidation sites excluding steroid dienone is 5. The highest BCUT2D eigenvalue weighted by Crippen LogP contribution is 2.34. The van der Waals surface area contributed by atoms with Gasteiger partial charge in [-0.1, -0.05) is 24.3 Å². The van der Waals surface area contributed by atoms with Gasteiger partial charge in [0.25, 0.3) is 0 Å². The van der Waals surface area contributed by atoms with Crippen molar-refractivity contribution < 1.29 is 4.39 Å². The Bertz CT molecular complexity index is 1050. The molecule has 1 heterocycles. The number of hydrogen-bond donors (Lipinski definition) is 1. The SMILES string of the molecule is CC1=CC=C(C2CCc3ncnc(NC(C)(C)Cc4ccc(F)cc4)c3C2)C=C=C1. The first-order valence-corrected chi connectivity index (χ1v) is 10.6. The highest BCUT2D eigenvalue weighted by atomic mass is 19.1. The van der Waals surface area contributed by atoms with Gasteiger partial charge in [-0.3, -0.25) is 0 Å². The van der Waals surface area contributed by atoms with Crippen molar-refractivity contribution in [3.8, 4) is 0 Å². The summed E-state index contributed by atoms with van der Waals surface area (Å²) < 4.78 is 13.2. The van der Waals surface area contributed by atoms with E-state index in [0.717, 1.165) is 42.8 Å². The standard InChI is InChI=1S/C26H28FN3/c1-18-5-4-6-20(10-7-18)21-11-14-24-23(15-21)25(29-17-28-24)30-26(2,3)16-19-8-12-22(27)13-9-19/h5-10,12-13,17,21H,11,14-16H2,1-3H3,(H,28,29,30). The molecule has 2 aromatic rings. The molecular formula is C26H28FN3. The Kier molecular flexibility index (Phi) is 5.69. The maximum Gasteiger partial charge on any atom is 0.133 e. The van der Waals surface area contributed by atoms with E-state index in [-0.39, 0.29) is 11.4 Å². The van der Waals surface area contributed by atoms with Crippen LogP contribution in [-0.2, 0) is 19.3 Å². The monoisotopic (exact) mass is 401 g/mol. The number of nitrogens with one attached hydrogen (secondary N) is 1. The number of aromatic nitrogens is 2. The molecule has 0 spiro atoms. The molecule has 1 aromatic heterocycles. The number of halogens is 1. The minimum absolute atomic E-state index is 0.206. The molecule has 1 aromatic carbocycles. The molecule has 3 nitrogen and oxygen atoms in total. The summed E-state index contributed by atoms with van der Waals surface area (Å²) >= 11 is 0. The van der Waals surface area contributed by atoms with E-state index in [1.54, 1.807) is 6.33 Å². The van der Waals surface area contributed by atoms with Gasteiger partial charge in [-0.25, -0.2) is 14.4 Å². The Morgan fingerprint density at radius 2 is 1.93 bits per heavy atom. The fourth-order valence-corrected chi connectivity index (χ4v) is 4.25. The van der Waals surface area contributed by atoms with Crippen LogP contribution in [0.5, 0.6) is 0 Å². The van der Waals surface area contributed by atoms with E-state index in [9.17, 15) is 4.39 Å². The van der Waals surface area contributed by atoms with Crippen molar-refractivity contribution in [2.75, 3.05) is 5.32 Å². The average molecular weight is 402 g/mol. The predicted molar refractivity (Wildman–Crippen MR) is 120 cm³/mol.